The van der Waals surface area contributed by atoms with Crippen molar-refractivity contribution in [1.82, 2.24) is 5.16 Å². The Hall–Kier alpha value is -0.970. The average molecular weight is 176 g/mol. The van der Waals surface area contributed by atoms with Gasteiger partial charge in [0.2, 0.25) is 6.43 Å². The van der Waals surface area contributed by atoms with Crippen LogP contribution in [0.4, 0.5) is 8.78 Å². The van der Waals surface area contributed by atoms with Crippen molar-refractivity contribution >= 4 is 0 Å². The predicted octanol–water partition coefficient (Wildman–Crippen LogP) is 1.29. The molecular formula is C7H10F2N2O. The van der Waals surface area contributed by atoms with E-state index in [-0.39, 0.29) is 12.3 Å². The number of rotatable bonds is 3. The second-order valence-corrected chi connectivity index (χ2v) is 2.55. The molecule has 0 aliphatic heterocycles. The average Bonchev–Trinajstić information content (AvgIpc) is 2.37. The molecular weight excluding hydrogens is 166 g/mol. The molecule has 0 saturated heterocycles. The van der Waals surface area contributed by atoms with Crippen LogP contribution in [0, 0.1) is 6.92 Å². The van der Waals surface area contributed by atoms with Gasteiger partial charge in [-0.05, 0) is 6.92 Å². The molecule has 0 fully saturated rings. The number of aromatic nitrogens is 1. The van der Waals surface area contributed by atoms with E-state index in [1.807, 2.05) is 0 Å². The zero-order chi connectivity index (χ0) is 9.14. The molecule has 0 amide bonds. The molecule has 1 unspecified atom stereocenters. The van der Waals surface area contributed by atoms with Crippen molar-refractivity contribution in [2.24, 2.45) is 5.73 Å². The summed E-state index contributed by atoms with van der Waals surface area (Å²) in [5, 5.41) is 3.50. The van der Waals surface area contributed by atoms with E-state index in [0.29, 0.717) is 5.69 Å². The van der Waals surface area contributed by atoms with Crippen LogP contribution in [-0.4, -0.2) is 18.1 Å². The van der Waals surface area contributed by atoms with Crippen LogP contribution in [0.1, 0.15) is 17.4 Å². The van der Waals surface area contributed by atoms with Gasteiger partial charge in [-0.1, -0.05) is 5.16 Å². The second kappa shape index (κ2) is 3.62. The molecule has 1 aromatic rings. The number of nitrogens with two attached hydrogens (primary N) is 1. The number of hydrogen-bond acceptors (Lipinski definition) is 3. The van der Waals surface area contributed by atoms with E-state index in [9.17, 15) is 8.78 Å². The van der Waals surface area contributed by atoms with E-state index in [0.717, 1.165) is 0 Å². The van der Waals surface area contributed by atoms with Gasteiger partial charge in [0.05, 0.1) is 11.6 Å². The van der Waals surface area contributed by atoms with Crippen molar-refractivity contribution in [1.29, 1.82) is 0 Å². The molecule has 0 spiro atoms. The van der Waals surface area contributed by atoms with Gasteiger partial charge >= 0.3 is 0 Å². The number of halogens is 2. The quantitative estimate of drug-likeness (QED) is 0.754. The molecule has 0 saturated carbocycles. The Morgan fingerprint density at radius 3 is 2.67 bits per heavy atom. The van der Waals surface area contributed by atoms with Crippen molar-refractivity contribution in [3.8, 4) is 0 Å². The molecule has 0 aliphatic carbocycles. The van der Waals surface area contributed by atoms with E-state index in [4.69, 9.17) is 5.73 Å². The first-order valence-corrected chi connectivity index (χ1v) is 3.56. The lowest BCUT2D eigenvalue weighted by Crippen LogP contribution is -2.19. The van der Waals surface area contributed by atoms with Gasteiger partial charge in [-0.3, -0.25) is 0 Å². The Morgan fingerprint density at radius 1 is 1.67 bits per heavy atom. The summed E-state index contributed by atoms with van der Waals surface area (Å²) in [7, 11) is 0. The number of alkyl halides is 2. The van der Waals surface area contributed by atoms with Gasteiger partial charge in [0.1, 0.15) is 5.76 Å². The summed E-state index contributed by atoms with van der Waals surface area (Å²) in [5.41, 5.74) is 5.73. The standard InChI is InChI=1S/C7H10F2N2O/c1-4-2-6(12-11-4)5(3-10)7(8)9/h2,5,7H,3,10H2,1H3. The Balaban J connectivity index is 2.80. The normalized spacial score (nSPS) is 13.8. The molecule has 1 heterocycles. The highest BCUT2D eigenvalue weighted by Gasteiger charge is 2.24. The van der Waals surface area contributed by atoms with Crippen LogP contribution in [0.15, 0.2) is 10.6 Å². The number of nitrogens with zero attached hydrogens (tertiary/aromatic N) is 1. The summed E-state index contributed by atoms with van der Waals surface area (Å²) in [6, 6.07) is 1.48. The van der Waals surface area contributed by atoms with Crippen LogP contribution < -0.4 is 5.73 Å². The van der Waals surface area contributed by atoms with Crippen LogP contribution in [0.25, 0.3) is 0 Å². The topological polar surface area (TPSA) is 52.0 Å². The van der Waals surface area contributed by atoms with Gasteiger partial charge in [-0.2, -0.15) is 0 Å². The molecule has 68 valence electrons. The highest BCUT2D eigenvalue weighted by Crippen LogP contribution is 2.22. The Bertz CT molecular complexity index is 249. The van der Waals surface area contributed by atoms with Crippen LogP contribution in [-0.2, 0) is 0 Å². The zero-order valence-corrected chi connectivity index (χ0v) is 6.63. The van der Waals surface area contributed by atoms with Crippen LogP contribution in [0.2, 0.25) is 0 Å². The van der Waals surface area contributed by atoms with Crippen LogP contribution in [0.5, 0.6) is 0 Å². The lowest BCUT2D eigenvalue weighted by molar-refractivity contribution is 0.104. The Kier molecular flexibility index (Phi) is 2.75. The van der Waals surface area contributed by atoms with Crippen molar-refractivity contribution < 1.29 is 13.3 Å². The van der Waals surface area contributed by atoms with Crippen molar-refractivity contribution in [3.05, 3.63) is 17.5 Å². The third-order valence-electron chi connectivity index (χ3n) is 1.57. The van der Waals surface area contributed by atoms with Crippen molar-refractivity contribution in [2.45, 2.75) is 19.3 Å². The molecule has 0 aliphatic rings. The van der Waals surface area contributed by atoms with Gasteiger partial charge in [0.25, 0.3) is 0 Å². The maximum absolute atomic E-state index is 12.2. The minimum Gasteiger partial charge on any atom is -0.361 e. The van der Waals surface area contributed by atoms with Gasteiger partial charge in [0, 0.05) is 12.6 Å². The van der Waals surface area contributed by atoms with E-state index in [1.54, 1.807) is 6.92 Å². The molecule has 3 nitrogen and oxygen atoms in total. The van der Waals surface area contributed by atoms with Crippen molar-refractivity contribution in [3.63, 3.8) is 0 Å². The minimum absolute atomic E-state index is 0.133. The summed E-state index contributed by atoms with van der Waals surface area (Å²) in [6.07, 6.45) is -2.50. The maximum Gasteiger partial charge on any atom is 0.249 e. The number of hydrogen-bond donors (Lipinski definition) is 1. The summed E-state index contributed by atoms with van der Waals surface area (Å²) < 4.78 is 29.1. The van der Waals surface area contributed by atoms with E-state index < -0.39 is 12.3 Å². The van der Waals surface area contributed by atoms with Crippen molar-refractivity contribution in [2.75, 3.05) is 6.54 Å². The maximum atomic E-state index is 12.2. The van der Waals surface area contributed by atoms with E-state index in [2.05, 4.69) is 9.68 Å². The van der Waals surface area contributed by atoms with Gasteiger partial charge in [-0.15, -0.1) is 0 Å². The first kappa shape index (κ1) is 9.12. The predicted molar refractivity (Wildman–Crippen MR) is 39.0 cm³/mol. The molecule has 5 heteroatoms. The third kappa shape index (κ3) is 1.79. The molecule has 2 N–H and O–H groups in total. The Morgan fingerprint density at radius 2 is 2.33 bits per heavy atom. The Labute approximate surface area is 68.5 Å². The fraction of sp³-hybridized carbons (Fsp3) is 0.571. The van der Waals surface area contributed by atoms with Crippen LogP contribution >= 0.6 is 0 Å². The summed E-state index contributed by atoms with van der Waals surface area (Å²) in [5.74, 6) is -0.879. The lowest BCUT2D eigenvalue weighted by atomic mass is 10.1. The van der Waals surface area contributed by atoms with Gasteiger partial charge in [0.15, 0.2) is 0 Å². The van der Waals surface area contributed by atoms with Gasteiger partial charge < -0.3 is 10.3 Å². The molecule has 0 radical (unpaired) electrons. The first-order chi connectivity index (χ1) is 5.65. The molecule has 0 bridgehead atoms. The lowest BCUT2D eigenvalue weighted by Gasteiger charge is -2.08. The minimum atomic E-state index is -2.50. The summed E-state index contributed by atoms with van der Waals surface area (Å²) in [4.78, 5) is 0. The zero-order valence-electron chi connectivity index (χ0n) is 6.63. The summed E-state index contributed by atoms with van der Waals surface area (Å²) in [6.45, 7) is 1.54. The SMILES string of the molecule is Cc1cc(C(CN)C(F)F)on1. The fourth-order valence-corrected chi connectivity index (χ4v) is 0.901. The summed E-state index contributed by atoms with van der Waals surface area (Å²) >= 11 is 0. The molecule has 12 heavy (non-hydrogen) atoms. The number of aryl methyl sites for hydroxylation is 1. The molecule has 1 rings (SSSR count). The molecule has 1 atom stereocenters. The first-order valence-electron chi connectivity index (χ1n) is 3.56. The molecule has 0 aromatic carbocycles. The highest BCUT2D eigenvalue weighted by molar-refractivity contribution is 5.09. The third-order valence-corrected chi connectivity index (χ3v) is 1.57. The second-order valence-electron chi connectivity index (χ2n) is 2.55. The van der Waals surface area contributed by atoms with Gasteiger partial charge in [-0.25, -0.2) is 8.78 Å². The molecule has 1 aromatic heterocycles. The fourth-order valence-electron chi connectivity index (χ4n) is 0.901. The van der Waals surface area contributed by atoms with E-state index in [1.165, 1.54) is 6.07 Å². The monoisotopic (exact) mass is 176 g/mol. The van der Waals surface area contributed by atoms with Crippen LogP contribution in [0.3, 0.4) is 0 Å². The smallest absolute Gasteiger partial charge is 0.249 e. The highest BCUT2D eigenvalue weighted by atomic mass is 19.3. The largest absolute Gasteiger partial charge is 0.361 e. The van der Waals surface area contributed by atoms with E-state index >= 15 is 0 Å².